The van der Waals surface area contributed by atoms with Crippen molar-refractivity contribution in [3.63, 3.8) is 0 Å². The van der Waals surface area contributed by atoms with E-state index < -0.39 is 10.0 Å². The molecule has 0 unspecified atom stereocenters. The largest absolute Gasteiger partial charge is 0.495 e. The summed E-state index contributed by atoms with van der Waals surface area (Å²) in [5, 5.41) is 2.77. The molecule has 2 aromatic carbocycles. The van der Waals surface area contributed by atoms with Crippen molar-refractivity contribution in [2.75, 3.05) is 27.3 Å². The summed E-state index contributed by atoms with van der Waals surface area (Å²) in [7, 11) is -0.946. The van der Waals surface area contributed by atoms with Gasteiger partial charge in [0, 0.05) is 12.6 Å². The minimum Gasteiger partial charge on any atom is -0.495 e. The Morgan fingerprint density at radius 1 is 1.17 bits per heavy atom. The smallest absolute Gasteiger partial charge is 0.244 e. The van der Waals surface area contributed by atoms with Crippen molar-refractivity contribution in [3.8, 4) is 11.5 Å². The molecule has 0 heterocycles. The fraction of sp³-hybridized carbons (Fsp3) is 0.286. The van der Waals surface area contributed by atoms with E-state index in [0.29, 0.717) is 25.1 Å². The molecule has 0 aliphatic carbocycles. The number of benzene rings is 2. The van der Waals surface area contributed by atoms with Gasteiger partial charge in [0.25, 0.3) is 0 Å². The first kappa shape index (κ1) is 22.4. The topological polar surface area (TPSA) is 93.7 Å². The number of carbonyl (C=O) groups excluding carboxylic acids is 1. The molecule has 0 aliphatic heterocycles. The van der Waals surface area contributed by atoms with Crippen molar-refractivity contribution >= 4 is 22.0 Å². The first-order valence-electron chi connectivity index (χ1n) is 9.12. The zero-order valence-electron chi connectivity index (χ0n) is 16.8. The first-order chi connectivity index (χ1) is 13.9. The number of nitrogens with one attached hydrogen (secondary N) is 2. The van der Waals surface area contributed by atoms with Gasteiger partial charge >= 0.3 is 0 Å². The lowest BCUT2D eigenvalue weighted by Gasteiger charge is -2.09. The number of rotatable bonds is 10. The van der Waals surface area contributed by atoms with Crippen molar-refractivity contribution in [2.24, 2.45) is 0 Å². The van der Waals surface area contributed by atoms with Gasteiger partial charge in [-0.1, -0.05) is 18.2 Å². The van der Waals surface area contributed by atoms with E-state index in [0.717, 1.165) is 11.3 Å². The molecular formula is C21H26N2O5S. The lowest BCUT2D eigenvalue weighted by Crippen LogP contribution is -2.23. The second kappa shape index (κ2) is 10.6. The van der Waals surface area contributed by atoms with Crippen LogP contribution in [0.15, 0.2) is 53.4 Å². The Kier molecular flexibility index (Phi) is 8.23. The van der Waals surface area contributed by atoms with Gasteiger partial charge in [-0.15, -0.1) is 0 Å². The zero-order valence-corrected chi connectivity index (χ0v) is 17.6. The van der Waals surface area contributed by atoms with Gasteiger partial charge in [-0.05, 0) is 61.9 Å². The van der Waals surface area contributed by atoms with Gasteiger partial charge in [0.1, 0.15) is 16.4 Å². The van der Waals surface area contributed by atoms with Crippen molar-refractivity contribution in [2.45, 2.75) is 18.2 Å². The van der Waals surface area contributed by atoms with Crippen LogP contribution in [0.3, 0.4) is 0 Å². The van der Waals surface area contributed by atoms with Crippen LogP contribution in [0.4, 0.5) is 0 Å². The number of ether oxygens (including phenoxy) is 2. The molecule has 2 N–H and O–H groups in total. The second-order valence-corrected chi connectivity index (χ2v) is 8.12. The van der Waals surface area contributed by atoms with Crippen molar-refractivity contribution in [1.29, 1.82) is 0 Å². The van der Waals surface area contributed by atoms with Gasteiger partial charge in [-0.25, -0.2) is 13.1 Å². The number of hydrogen-bond acceptors (Lipinski definition) is 5. The van der Waals surface area contributed by atoms with E-state index in [1.807, 2.05) is 31.2 Å². The number of amides is 1. The fourth-order valence-corrected chi connectivity index (χ4v) is 3.45. The van der Waals surface area contributed by atoms with Crippen LogP contribution in [-0.2, 0) is 14.8 Å². The second-order valence-electron chi connectivity index (χ2n) is 6.26. The molecule has 0 spiro atoms. The number of hydrogen-bond donors (Lipinski definition) is 2. The SMILES string of the molecule is CNS(=O)(=O)c1cc(/C=C/C(=O)NCCCOc2cccc(C)c2)ccc1OC. The number of aryl methyl sites for hydroxylation is 1. The average Bonchev–Trinajstić information content (AvgIpc) is 2.71. The third-order valence-electron chi connectivity index (χ3n) is 4.05. The molecule has 0 saturated heterocycles. The lowest BCUT2D eigenvalue weighted by molar-refractivity contribution is -0.116. The summed E-state index contributed by atoms with van der Waals surface area (Å²) in [5.74, 6) is 0.770. The van der Waals surface area contributed by atoms with Crippen LogP contribution >= 0.6 is 0 Å². The predicted molar refractivity (Wildman–Crippen MR) is 113 cm³/mol. The molecule has 0 saturated carbocycles. The summed E-state index contributed by atoms with van der Waals surface area (Å²) < 4.78 is 37.2. The summed E-state index contributed by atoms with van der Waals surface area (Å²) in [6.45, 7) is 2.97. The van der Waals surface area contributed by atoms with E-state index in [2.05, 4.69) is 10.0 Å². The predicted octanol–water partition coefficient (Wildman–Crippen LogP) is 2.51. The molecule has 0 fully saturated rings. The third-order valence-corrected chi connectivity index (χ3v) is 5.49. The quantitative estimate of drug-likeness (QED) is 0.457. The maximum atomic E-state index is 12.1. The van der Waals surface area contributed by atoms with Crippen molar-refractivity contribution in [3.05, 3.63) is 59.7 Å². The average molecular weight is 419 g/mol. The lowest BCUT2D eigenvalue weighted by atomic mass is 10.2. The number of sulfonamides is 1. The molecule has 0 aromatic heterocycles. The standard InChI is InChI=1S/C21H26N2O5S/c1-16-6-4-7-18(14-16)28-13-5-12-23-21(24)11-9-17-8-10-19(27-3)20(15-17)29(25,26)22-2/h4,6-11,14-15,22H,5,12-13H2,1-3H3,(H,23,24)/b11-9+. The number of carbonyl (C=O) groups is 1. The normalized spacial score (nSPS) is 11.4. The van der Waals surface area contributed by atoms with Gasteiger partial charge in [0.05, 0.1) is 13.7 Å². The van der Waals surface area contributed by atoms with Crippen LogP contribution in [0.1, 0.15) is 17.5 Å². The summed E-state index contributed by atoms with van der Waals surface area (Å²) in [4.78, 5) is 12.0. The van der Waals surface area contributed by atoms with Crippen LogP contribution in [-0.4, -0.2) is 41.6 Å². The molecule has 2 aromatic rings. The molecule has 29 heavy (non-hydrogen) atoms. The van der Waals surface area contributed by atoms with Crippen LogP contribution in [0, 0.1) is 6.92 Å². The Morgan fingerprint density at radius 2 is 1.97 bits per heavy atom. The highest BCUT2D eigenvalue weighted by Gasteiger charge is 2.17. The maximum absolute atomic E-state index is 12.1. The highest BCUT2D eigenvalue weighted by molar-refractivity contribution is 7.89. The highest BCUT2D eigenvalue weighted by atomic mass is 32.2. The van der Waals surface area contributed by atoms with Crippen LogP contribution in [0.2, 0.25) is 0 Å². The zero-order chi connectivity index (χ0) is 21.3. The summed E-state index contributed by atoms with van der Waals surface area (Å²) >= 11 is 0. The Labute approximate surface area is 171 Å². The maximum Gasteiger partial charge on any atom is 0.244 e. The molecule has 0 aliphatic rings. The van der Waals surface area contributed by atoms with Gasteiger partial charge in [0.2, 0.25) is 15.9 Å². The monoisotopic (exact) mass is 418 g/mol. The van der Waals surface area contributed by atoms with Crippen LogP contribution in [0.5, 0.6) is 11.5 Å². The van der Waals surface area contributed by atoms with Crippen molar-refractivity contribution in [1.82, 2.24) is 10.0 Å². The molecule has 0 bridgehead atoms. The highest BCUT2D eigenvalue weighted by Crippen LogP contribution is 2.25. The van der Waals surface area contributed by atoms with Gasteiger partial charge in [-0.3, -0.25) is 4.79 Å². The van der Waals surface area contributed by atoms with Crippen LogP contribution < -0.4 is 19.5 Å². The Morgan fingerprint density at radius 3 is 2.66 bits per heavy atom. The summed E-state index contributed by atoms with van der Waals surface area (Å²) in [5.41, 5.74) is 1.70. The van der Waals surface area contributed by atoms with E-state index in [4.69, 9.17) is 9.47 Å². The molecule has 156 valence electrons. The first-order valence-corrected chi connectivity index (χ1v) is 10.6. The number of methoxy groups -OCH3 is 1. The molecule has 2 rings (SSSR count). The van der Waals surface area contributed by atoms with Crippen molar-refractivity contribution < 1.29 is 22.7 Å². The molecule has 0 atom stereocenters. The minimum absolute atomic E-state index is 0.0124. The van der Waals surface area contributed by atoms with Crippen LogP contribution in [0.25, 0.3) is 6.08 Å². The van der Waals surface area contributed by atoms with E-state index in [9.17, 15) is 13.2 Å². The molecular weight excluding hydrogens is 392 g/mol. The molecule has 0 radical (unpaired) electrons. The third kappa shape index (κ3) is 6.92. The summed E-state index contributed by atoms with van der Waals surface area (Å²) in [6.07, 6.45) is 3.58. The Bertz CT molecular complexity index is 971. The molecule has 7 nitrogen and oxygen atoms in total. The van der Waals surface area contributed by atoms with Gasteiger partial charge in [-0.2, -0.15) is 0 Å². The molecule has 1 amide bonds. The Balaban J connectivity index is 1.85. The van der Waals surface area contributed by atoms with E-state index in [1.165, 1.54) is 26.3 Å². The van der Waals surface area contributed by atoms with E-state index >= 15 is 0 Å². The minimum atomic E-state index is -3.67. The molecule has 8 heteroatoms. The Hall–Kier alpha value is -2.84. The van der Waals surface area contributed by atoms with E-state index in [1.54, 1.807) is 18.2 Å². The van der Waals surface area contributed by atoms with Gasteiger partial charge in [0.15, 0.2) is 0 Å². The summed E-state index contributed by atoms with van der Waals surface area (Å²) in [6, 6.07) is 12.5. The van der Waals surface area contributed by atoms with Gasteiger partial charge < -0.3 is 14.8 Å². The fourth-order valence-electron chi connectivity index (χ4n) is 2.53. The van der Waals surface area contributed by atoms with E-state index in [-0.39, 0.29) is 16.6 Å².